The zero-order valence-electron chi connectivity index (χ0n) is 14.4. The van der Waals surface area contributed by atoms with Crippen molar-refractivity contribution in [3.8, 4) is 28.4 Å². The van der Waals surface area contributed by atoms with E-state index in [0.29, 0.717) is 23.8 Å². The molecule has 0 atom stereocenters. The van der Waals surface area contributed by atoms with Gasteiger partial charge in [0.1, 0.15) is 12.4 Å². The number of rotatable bonds is 6. The summed E-state index contributed by atoms with van der Waals surface area (Å²) in [5.74, 6) is 2.11. The molecule has 0 bridgehead atoms. The monoisotopic (exact) mass is 335 g/mol. The van der Waals surface area contributed by atoms with E-state index in [1.165, 1.54) is 0 Å². The van der Waals surface area contributed by atoms with E-state index in [0.717, 1.165) is 22.4 Å². The third kappa shape index (κ3) is 3.86. The normalized spacial score (nSPS) is 10.3. The second kappa shape index (κ2) is 7.62. The van der Waals surface area contributed by atoms with Crippen molar-refractivity contribution >= 4 is 5.69 Å². The maximum absolute atomic E-state index is 6.04. The van der Waals surface area contributed by atoms with Crippen molar-refractivity contribution < 1.29 is 14.2 Å². The average Bonchev–Trinajstić information content (AvgIpc) is 2.67. The van der Waals surface area contributed by atoms with E-state index >= 15 is 0 Å². The number of benzene rings is 3. The van der Waals surface area contributed by atoms with Crippen LogP contribution in [0.25, 0.3) is 11.1 Å². The topological polar surface area (TPSA) is 53.7 Å². The van der Waals surface area contributed by atoms with Crippen molar-refractivity contribution in [1.82, 2.24) is 0 Å². The lowest BCUT2D eigenvalue weighted by Crippen LogP contribution is -1.98. The summed E-state index contributed by atoms with van der Waals surface area (Å²) < 4.78 is 16.7. The molecule has 3 rings (SSSR count). The molecule has 2 N–H and O–H groups in total. The summed E-state index contributed by atoms with van der Waals surface area (Å²) in [7, 11) is 3.24. The molecule has 0 fully saturated rings. The van der Waals surface area contributed by atoms with Crippen LogP contribution in [-0.4, -0.2) is 14.2 Å². The Morgan fingerprint density at radius 2 is 1.48 bits per heavy atom. The molecule has 4 heteroatoms. The predicted molar refractivity (Wildman–Crippen MR) is 100 cm³/mol. The molecule has 3 aromatic carbocycles. The molecule has 0 radical (unpaired) electrons. The van der Waals surface area contributed by atoms with Crippen LogP contribution in [-0.2, 0) is 6.61 Å². The van der Waals surface area contributed by atoms with Crippen LogP contribution in [0.3, 0.4) is 0 Å². The van der Waals surface area contributed by atoms with Crippen molar-refractivity contribution in [2.75, 3.05) is 20.0 Å². The fraction of sp³-hybridized carbons (Fsp3) is 0.143. The smallest absolute Gasteiger partial charge is 0.161 e. The fourth-order valence-corrected chi connectivity index (χ4v) is 2.64. The lowest BCUT2D eigenvalue weighted by atomic mass is 10.0. The van der Waals surface area contributed by atoms with E-state index in [1.807, 2.05) is 66.7 Å². The van der Waals surface area contributed by atoms with Crippen molar-refractivity contribution in [2.24, 2.45) is 0 Å². The number of hydrogen-bond acceptors (Lipinski definition) is 4. The highest BCUT2D eigenvalue weighted by molar-refractivity contribution is 5.75. The van der Waals surface area contributed by atoms with Crippen LogP contribution in [0.5, 0.6) is 17.2 Å². The molecule has 0 heterocycles. The molecule has 4 nitrogen and oxygen atoms in total. The maximum Gasteiger partial charge on any atom is 0.161 e. The van der Waals surface area contributed by atoms with E-state index in [1.54, 1.807) is 14.2 Å². The number of anilines is 1. The highest BCUT2D eigenvalue weighted by Gasteiger charge is 2.11. The van der Waals surface area contributed by atoms with Crippen molar-refractivity contribution in [2.45, 2.75) is 6.61 Å². The van der Waals surface area contributed by atoms with Crippen LogP contribution in [0.2, 0.25) is 0 Å². The average molecular weight is 335 g/mol. The summed E-state index contributed by atoms with van der Waals surface area (Å²) in [5.41, 5.74) is 9.64. The van der Waals surface area contributed by atoms with Crippen LogP contribution < -0.4 is 19.9 Å². The minimum atomic E-state index is 0.491. The van der Waals surface area contributed by atoms with Crippen LogP contribution in [0.1, 0.15) is 5.56 Å². The van der Waals surface area contributed by atoms with Gasteiger partial charge in [-0.3, -0.25) is 0 Å². The van der Waals surface area contributed by atoms with Gasteiger partial charge >= 0.3 is 0 Å². The molecule has 3 aromatic rings. The van der Waals surface area contributed by atoms with Gasteiger partial charge < -0.3 is 19.9 Å². The quantitative estimate of drug-likeness (QED) is 0.672. The first-order valence-electron chi connectivity index (χ1n) is 8.00. The van der Waals surface area contributed by atoms with Gasteiger partial charge in [-0.25, -0.2) is 0 Å². The van der Waals surface area contributed by atoms with E-state index in [4.69, 9.17) is 19.9 Å². The molecule has 0 aliphatic rings. The summed E-state index contributed by atoms with van der Waals surface area (Å²) in [5, 5.41) is 0. The Morgan fingerprint density at radius 1 is 0.760 bits per heavy atom. The Morgan fingerprint density at radius 3 is 2.20 bits per heavy atom. The van der Waals surface area contributed by atoms with E-state index < -0.39 is 0 Å². The molecule has 0 aromatic heterocycles. The van der Waals surface area contributed by atoms with Gasteiger partial charge in [-0.2, -0.15) is 0 Å². The number of methoxy groups -OCH3 is 2. The first-order chi connectivity index (χ1) is 12.2. The van der Waals surface area contributed by atoms with E-state index in [9.17, 15) is 0 Å². The Bertz CT molecular complexity index is 847. The number of ether oxygens (including phenoxy) is 3. The minimum Gasteiger partial charge on any atom is -0.493 e. The zero-order valence-corrected chi connectivity index (χ0v) is 14.4. The molecule has 0 aliphatic heterocycles. The number of nitrogens with two attached hydrogens (primary N) is 1. The highest BCUT2D eigenvalue weighted by atomic mass is 16.5. The minimum absolute atomic E-state index is 0.491. The van der Waals surface area contributed by atoms with Gasteiger partial charge in [-0.1, -0.05) is 36.4 Å². The Balaban J connectivity index is 1.94. The van der Waals surface area contributed by atoms with Crippen molar-refractivity contribution in [3.63, 3.8) is 0 Å². The molecular weight excluding hydrogens is 314 g/mol. The second-order valence-electron chi connectivity index (χ2n) is 5.60. The second-order valence-corrected chi connectivity index (χ2v) is 5.60. The Kier molecular flexibility index (Phi) is 5.09. The van der Waals surface area contributed by atoms with Gasteiger partial charge in [-0.05, 0) is 41.5 Å². The summed E-state index contributed by atoms with van der Waals surface area (Å²) in [6.45, 7) is 0.491. The van der Waals surface area contributed by atoms with Crippen LogP contribution in [0.15, 0.2) is 66.7 Å². The molecule has 0 saturated heterocycles. The van der Waals surface area contributed by atoms with Gasteiger partial charge in [0.15, 0.2) is 11.5 Å². The lowest BCUT2D eigenvalue weighted by Gasteiger charge is -2.14. The number of nitrogen functional groups attached to an aromatic ring is 1. The fourth-order valence-electron chi connectivity index (χ4n) is 2.64. The molecule has 0 saturated carbocycles. The van der Waals surface area contributed by atoms with E-state index in [2.05, 4.69) is 0 Å². The van der Waals surface area contributed by atoms with Gasteiger partial charge in [0.2, 0.25) is 0 Å². The molecule has 0 spiro atoms. The number of hydrogen-bond donors (Lipinski definition) is 1. The largest absolute Gasteiger partial charge is 0.493 e. The van der Waals surface area contributed by atoms with Crippen LogP contribution >= 0.6 is 0 Å². The molecule has 128 valence electrons. The molecule has 0 aliphatic carbocycles. The van der Waals surface area contributed by atoms with Gasteiger partial charge in [0.25, 0.3) is 0 Å². The molecule has 0 amide bonds. The first kappa shape index (κ1) is 16.7. The third-order valence-corrected chi connectivity index (χ3v) is 3.94. The maximum atomic E-state index is 6.04. The molecule has 25 heavy (non-hydrogen) atoms. The van der Waals surface area contributed by atoms with Gasteiger partial charge in [0, 0.05) is 11.3 Å². The summed E-state index contributed by atoms with van der Waals surface area (Å²) in [4.78, 5) is 0. The summed E-state index contributed by atoms with van der Waals surface area (Å²) in [6.07, 6.45) is 0. The highest BCUT2D eigenvalue weighted by Crippen LogP contribution is 2.37. The zero-order chi connectivity index (χ0) is 17.6. The van der Waals surface area contributed by atoms with Gasteiger partial charge in [0.05, 0.1) is 14.2 Å². The van der Waals surface area contributed by atoms with Gasteiger partial charge in [-0.15, -0.1) is 0 Å². The van der Waals surface area contributed by atoms with Crippen molar-refractivity contribution in [1.29, 1.82) is 0 Å². The first-order valence-corrected chi connectivity index (χ1v) is 8.00. The SMILES string of the molecule is COc1ccc(-c2cc(N)ccc2OCc2ccccc2)cc1OC. The van der Waals surface area contributed by atoms with Crippen LogP contribution in [0.4, 0.5) is 5.69 Å². The van der Waals surface area contributed by atoms with E-state index in [-0.39, 0.29) is 0 Å². The van der Waals surface area contributed by atoms with Crippen molar-refractivity contribution in [3.05, 3.63) is 72.3 Å². The molecule has 0 unspecified atom stereocenters. The summed E-state index contributed by atoms with van der Waals surface area (Å²) >= 11 is 0. The Hall–Kier alpha value is -3.14. The van der Waals surface area contributed by atoms with Crippen LogP contribution in [0, 0.1) is 0 Å². The lowest BCUT2D eigenvalue weighted by molar-refractivity contribution is 0.307. The Labute approximate surface area is 147 Å². The standard InChI is InChI=1S/C21H21NO3/c1-23-20-10-8-16(12-21(20)24-2)18-13-17(22)9-11-19(18)25-14-15-6-4-3-5-7-15/h3-13H,14,22H2,1-2H3. The third-order valence-electron chi connectivity index (χ3n) is 3.94. The molecular formula is C21H21NO3. The predicted octanol–water partition coefficient (Wildman–Crippen LogP) is 4.53. The summed E-state index contributed by atoms with van der Waals surface area (Å²) in [6, 6.07) is 21.4.